The summed E-state index contributed by atoms with van der Waals surface area (Å²) in [6, 6.07) is 0. The fraction of sp³-hybridized carbons (Fsp3) is 0.636. The summed E-state index contributed by atoms with van der Waals surface area (Å²) in [5.74, 6) is 0. The van der Waals surface area contributed by atoms with Crippen molar-refractivity contribution in [1.82, 2.24) is 0 Å². The monoisotopic (exact) mass is 152 g/mol. The molecule has 0 aromatic rings. The number of hydrogen-bond acceptors (Lipinski definition) is 0. The Morgan fingerprint density at radius 3 is 2.18 bits per heavy atom. The van der Waals surface area contributed by atoms with Crippen LogP contribution in [-0.4, -0.2) is 0 Å². The lowest BCUT2D eigenvalue weighted by Gasteiger charge is -1.99. The Kier molecular flexibility index (Phi) is 5.91. The van der Waals surface area contributed by atoms with E-state index < -0.39 is 0 Å². The molecule has 0 heteroatoms. The van der Waals surface area contributed by atoms with E-state index in [9.17, 15) is 0 Å². The van der Waals surface area contributed by atoms with Crippen molar-refractivity contribution in [2.24, 2.45) is 0 Å². The molecule has 0 radical (unpaired) electrons. The first-order valence-corrected chi connectivity index (χ1v) is 4.54. The number of rotatable bonds is 4. The van der Waals surface area contributed by atoms with Crippen molar-refractivity contribution in [3.8, 4) is 0 Å². The van der Waals surface area contributed by atoms with Gasteiger partial charge in [-0.2, -0.15) is 0 Å². The summed E-state index contributed by atoms with van der Waals surface area (Å²) in [6.07, 6.45) is 8.22. The molecule has 0 amide bonds. The summed E-state index contributed by atoms with van der Waals surface area (Å²) in [6.45, 7) is 8.72. The Morgan fingerprint density at radius 2 is 1.82 bits per heavy atom. The summed E-state index contributed by atoms with van der Waals surface area (Å²) < 4.78 is 0. The van der Waals surface area contributed by atoms with Gasteiger partial charge in [0, 0.05) is 0 Å². The SMILES string of the molecule is CC/C=C(\C=C(C)C)CCC. The van der Waals surface area contributed by atoms with Crippen LogP contribution in [0.3, 0.4) is 0 Å². The summed E-state index contributed by atoms with van der Waals surface area (Å²) in [5, 5.41) is 0. The third-order valence-electron chi connectivity index (χ3n) is 1.48. The Bertz CT molecular complexity index is 145. The summed E-state index contributed by atoms with van der Waals surface area (Å²) in [7, 11) is 0. The van der Waals surface area contributed by atoms with Gasteiger partial charge >= 0.3 is 0 Å². The Balaban J connectivity index is 4.11. The highest BCUT2D eigenvalue weighted by molar-refractivity contribution is 5.21. The first-order chi connectivity index (χ1) is 5.20. The summed E-state index contributed by atoms with van der Waals surface area (Å²) in [5.41, 5.74) is 2.90. The van der Waals surface area contributed by atoms with Crippen LogP contribution in [0.15, 0.2) is 23.3 Å². The minimum atomic E-state index is 1.15. The third kappa shape index (κ3) is 5.90. The van der Waals surface area contributed by atoms with E-state index in [1.807, 2.05) is 0 Å². The molecule has 0 bridgehead atoms. The number of allylic oxidation sites excluding steroid dienone is 4. The van der Waals surface area contributed by atoms with Crippen molar-refractivity contribution in [2.45, 2.75) is 47.0 Å². The molecule has 0 N–H and O–H groups in total. The third-order valence-corrected chi connectivity index (χ3v) is 1.48. The molecule has 0 spiro atoms. The van der Waals surface area contributed by atoms with E-state index >= 15 is 0 Å². The van der Waals surface area contributed by atoms with E-state index in [0.29, 0.717) is 0 Å². The fourth-order valence-electron chi connectivity index (χ4n) is 1.15. The van der Waals surface area contributed by atoms with Gasteiger partial charge in [0.2, 0.25) is 0 Å². The molecule has 64 valence electrons. The van der Waals surface area contributed by atoms with Crippen molar-refractivity contribution in [2.75, 3.05) is 0 Å². The van der Waals surface area contributed by atoms with E-state index in [0.717, 1.165) is 6.42 Å². The summed E-state index contributed by atoms with van der Waals surface area (Å²) >= 11 is 0. The van der Waals surface area contributed by atoms with Crippen molar-refractivity contribution in [1.29, 1.82) is 0 Å². The van der Waals surface area contributed by atoms with Crippen LogP contribution in [0, 0.1) is 0 Å². The van der Waals surface area contributed by atoms with Crippen molar-refractivity contribution in [3.05, 3.63) is 23.3 Å². The highest BCUT2D eigenvalue weighted by Crippen LogP contribution is 2.09. The van der Waals surface area contributed by atoms with Crippen LogP contribution in [0.2, 0.25) is 0 Å². The highest BCUT2D eigenvalue weighted by atomic mass is 14.0. The predicted octanol–water partition coefficient (Wildman–Crippen LogP) is 4.09. The fourth-order valence-corrected chi connectivity index (χ4v) is 1.15. The molecule has 0 nitrogen and oxygen atoms in total. The smallest absolute Gasteiger partial charge is 0.0285 e. The molecule has 0 rings (SSSR count). The minimum absolute atomic E-state index is 1.15. The maximum atomic E-state index is 2.32. The van der Waals surface area contributed by atoms with Crippen LogP contribution in [0.4, 0.5) is 0 Å². The molecule has 0 heterocycles. The summed E-state index contributed by atoms with van der Waals surface area (Å²) in [4.78, 5) is 0. The molecule has 0 saturated heterocycles. The van der Waals surface area contributed by atoms with Crippen molar-refractivity contribution < 1.29 is 0 Å². The molecule has 0 atom stereocenters. The van der Waals surface area contributed by atoms with Gasteiger partial charge < -0.3 is 0 Å². The van der Waals surface area contributed by atoms with Gasteiger partial charge in [-0.25, -0.2) is 0 Å². The normalized spacial score (nSPS) is 11.5. The largest absolute Gasteiger partial charge is 0.0816 e. The molecule has 0 fully saturated rings. The molecule has 0 aromatic carbocycles. The van der Waals surface area contributed by atoms with Gasteiger partial charge in [-0.1, -0.05) is 43.6 Å². The van der Waals surface area contributed by atoms with Gasteiger partial charge in [-0.3, -0.25) is 0 Å². The highest BCUT2D eigenvalue weighted by Gasteiger charge is 1.89. The molecule has 11 heavy (non-hydrogen) atoms. The average molecular weight is 152 g/mol. The lowest BCUT2D eigenvalue weighted by molar-refractivity contribution is 0.915. The van der Waals surface area contributed by atoms with Crippen LogP contribution in [-0.2, 0) is 0 Å². The van der Waals surface area contributed by atoms with Crippen LogP contribution in [0.1, 0.15) is 47.0 Å². The molecule has 0 aromatic heterocycles. The van der Waals surface area contributed by atoms with E-state index in [-0.39, 0.29) is 0 Å². The van der Waals surface area contributed by atoms with Crippen molar-refractivity contribution in [3.63, 3.8) is 0 Å². The molecule has 0 unspecified atom stereocenters. The predicted molar refractivity (Wildman–Crippen MR) is 52.7 cm³/mol. The van der Waals surface area contributed by atoms with Crippen LogP contribution in [0.5, 0.6) is 0 Å². The van der Waals surface area contributed by atoms with Gasteiger partial charge in [0.25, 0.3) is 0 Å². The topological polar surface area (TPSA) is 0 Å². The Labute approximate surface area is 71.0 Å². The number of hydrogen-bond donors (Lipinski definition) is 0. The van der Waals surface area contributed by atoms with E-state index in [2.05, 4.69) is 39.8 Å². The molecular formula is C11H20. The maximum Gasteiger partial charge on any atom is -0.0285 e. The quantitative estimate of drug-likeness (QED) is 0.532. The van der Waals surface area contributed by atoms with Crippen LogP contribution >= 0.6 is 0 Å². The van der Waals surface area contributed by atoms with Crippen molar-refractivity contribution >= 4 is 0 Å². The zero-order valence-corrected chi connectivity index (χ0v) is 8.28. The second-order valence-corrected chi connectivity index (χ2v) is 3.16. The molecule has 0 saturated carbocycles. The zero-order chi connectivity index (χ0) is 8.69. The van der Waals surface area contributed by atoms with Gasteiger partial charge in [-0.05, 0) is 26.7 Å². The van der Waals surface area contributed by atoms with Crippen LogP contribution < -0.4 is 0 Å². The molecule has 0 aliphatic carbocycles. The van der Waals surface area contributed by atoms with E-state index in [1.165, 1.54) is 24.0 Å². The second-order valence-electron chi connectivity index (χ2n) is 3.16. The lowest BCUT2D eigenvalue weighted by atomic mass is 10.1. The van der Waals surface area contributed by atoms with Crippen LogP contribution in [0.25, 0.3) is 0 Å². The van der Waals surface area contributed by atoms with Gasteiger partial charge in [0.15, 0.2) is 0 Å². The van der Waals surface area contributed by atoms with Gasteiger partial charge in [-0.15, -0.1) is 0 Å². The first-order valence-electron chi connectivity index (χ1n) is 4.54. The van der Waals surface area contributed by atoms with E-state index in [4.69, 9.17) is 0 Å². The average Bonchev–Trinajstić information content (AvgIpc) is 1.87. The minimum Gasteiger partial charge on any atom is -0.0816 e. The lowest BCUT2D eigenvalue weighted by Crippen LogP contribution is -1.79. The zero-order valence-electron chi connectivity index (χ0n) is 8.28. The molecule has 0 aliphatic heterocycles. The first kappa shape index (κ1) is 10.5. The standard InChI is InChI=1S/C11H20/c1-5-7-11(8-6-2)9-10(3)4/h7,9H,5-6,8H2,1-4H3/b11-7-. The van der Waals surface area contributed by atoms with E-state index in [1.54, 1.807) is 0 Å². The molecular weight excluding hydrogens is 132 g/mol. The Morgan fingerprint density at radius 1 is 1.18 bits per heavy atom. The molecule has 0 aliphatic rings. The second kappa shape index (κ2) is 6.21. The van der Waals surface area contributed by atoms with Gasteiger partial charge in [0.1, 0.15) is 0 Å². The van der Waals surface area contributed by atoms with Gasteiger partial charge in [0.05, 0.1) is 0 Å². The maximum absolute atomic E-state index is 2.32. The Hall–Kier alpha value is -0.520.